The van der Waals surface area contributed by atoms with Gasteiger partial charge in [-0.05, 0) is 29.6 Å². The van der Waals surface area contributed by atoms with Gasteiger partial charge < -0.3 is 10.2 Å². The highest BCUT2D eigenvalue weighted by molar-refractivity contribution is 14.1. The molecular formula is C10H13FIN3O2. The molecule has 0 aromatic heterocycles. The molecule has 0 amide bonds. The van der Waals surface area contributed by atoms with Gasteiger partial charge in [0.2, 0.25) is 0 Å². The molecule has 94 valence electrons. The Balaban J connectivity index is 3.11. The molecule has 1 aromatic rings. The molecule has 0 unspecified atom stereocenters. The highest BCUT2D eigenvalue weighted by atomic mass is 127. The molecule has 0 heterocycles. The van der Waals surface area contributed by atoms with Crippen LogP contribution < -0.4 is 10.2 Å². The van der Waals surface area contributed by atoms with Gasteiger partial charge in [0.05, 0.1) is 8.49 Å². The Morgan fingerprint density at radius 1 is 1.59 bits per heavy atom. The van der Waals surface area contributed by atoms with E-state index in [0.717, 1.165) is 0 Å². The first kappa shape index (κ1) is 14.1. The third-order valence-corrected chi connectivity index (χ3v) is 3.15. The molecule has 0 atom stereocenters. The lowest BCUT2D eigenvalue weighted by Gasteiger charge is -2.19. The van der Waals surface area contributed by atoms with Gasteiger partial charge in [0, 0.05) is 32.3 Å². The molecule has 0 bridgehead atoms. The lowest BCUT2D eigenvalue weighted by molar-refractivity contribution is -0.384. The standard InChI is InChI=1S/C10H13FIN3O2/c1-13-3-4-14(2)9-5-7(11)8(12)6-10(9)15(16)17/h5-6,13H,3-4H2,1-2H3. The Labute approximate surface area is 112 Å². The molecule has 1 rings (SSSR count). The normalized spacial score (nSPS) is 10.4. The van der Waals surface area contributed by atoms with Crippen LogP contribution in [0.15, 0.2) is 12.1 Å². The minimum absolute atomic E-state index is 0.0746. The fraction of sp³-hybridized carbons (Fsp3) is 0.400. The maximum Gasteiger partial charge on any atom is 0.293 e. The van der Waals surface area contributed by atoms with Gasteiger partial charge in [0.15, 0.2) is 0 Å². The summed E-state index contributed by atoms with van der Waals surface area (Å²) in [5.41, 5.74) is 0.220. The van der Waals surface area contributed by atoms with Crippen molar-refractivity contribution in [1.82, 2.24) is 5.32 Å². The van der Waals surface area contributed by atoms with Gasteiger partial charge in [-0.1, -0.05) is 0 Å². The number of anilines is 1. The van der Waals surface area contributed by atoms with Crippen LogP contribution >= 0.6 is 22.6 Å². The van der Waals surface area contributed by atoms with Crippen LogP contribution in [0.5, 0.6) is 0 Å². The zero-order valence-corrected chi connectivity index (χ0v) is 11.7. The molecule has 0 fully saturated rings. The summed E-state index contributed by atoms with van der Waals surface area (Å²) in [5, 5.41) is 13.8. The van der Waals surface area contributed by atoms with Gasteiger partial charge in [-0.3, -0.25) is 10.1 Å². The van der Waals surface area contributed by atoms with E-state index in [0.29, 0.717) is 18.8 Å². The number of nitrogens with one attached hydrogen (secondary N) is 1. The second-order valence-electron chi connectivity index (χ2n) is 3.54. The van der Waals surface area contributed by atoms with Gasteiger partial charge in [0.25, 0.3) is 5.69 Å². The van der Waals surface area contributed by atoms with Crippen LogP contribution in [0.2, 0.25) is 0 Å². The SMILES string of the molecule is CNCCN(C)c1cc(F)c(I)cc1[N+](=O)[O-]. The minimum atomic E-state index is -0.493. The average molecular weight is 353 g/mol. The van der Waals surface area contributed by atoms with Crippen molar-refractivity contribution in [2.75, 3.05) is 32.1 Å². The first-order chi connectivity index (χ1) is 7.97. The second kappa shape index (κ2) is 6.10. The highest BCUT2D eigenvalue weighted by Crippen LogP contribution is 2.30. The molecule has 0 aliphatic heterocycles. The van der Waals surface area contributed by atoms with E-state index in [4.69, 9.17) is 0 Å². The number of nitro benzene ring substituents is 1. The molecule has 1 N–H and O–H groups in total. The Hall–Kier alpha value is -0.960. The topological polar surface area (TPSA) is 58.4 Å². The van der Waals surface area contributed by atoms with E-state index in [1.165, 1.54) is 12.1 Å². The van der Waals surface area contributed by atoms with Crippen molar-refractivity contribution in [3.63, 3.8) is 0 Å². The predicted octanol–water partition coefficient (Wildman–Crippen LogP) is 1.99. The number of nitrogens with zero attached hydrogens (tertiary/aromatic N) is 2. The fourth-order valence-electron chi connectivity index (χ4n) is 1.38. The summed E-state index contributed by atoms with van der Waals surface area (Å²) in [6.45, 7) is 1.23. The third-order valence-electron chi connectivity index (χ3n) is 2.32. The summed E-state index contributed by atoms with van der Waals surface area (Å²) < 4.78 is 13.7. The van der Waals surface area contributed by atoms with Gasteiger partial charge >= 0.3 is 0 Å². The van der Waals surface area contributed by atoms with E-state index in [1.54, 1.807) is 41.6 Å². The molecular weight excluding hydrogens is 340 g/mol. The molecule has 1 aromatic carbocycles. The molecule has 5 nitrogen and oxygen atoms in total. The number of halogens is 2. The molecule has 0 radical (unpaired) electrons. The summed E-state index contributed by atoms with van der Waals surface area (Å²) in [6, 6.07) is 2.46. The average Bonchev–Trinajstić information content (AvgIpc) is 2.28. The Bertz CT molecular complexity index is 428. The van der Waals surface area contributed by atoms with Crippen molar-refractivity contribution in [3.8, 4) is 0 Å². The first-order valence-corrected chi connectivity index (χ1v) is 6.04. The van der Waals surface area contributed by atoms with Crippen LogP contribution in [0.25, 0.3) is 0 Å². The monoisotopic (exact) mass is 353 g/mol. The van der Waals surface area contributed by atoms with E-state index >= 15 is 0 Å². The molecule has 0 saturated heterocycles. The lowest BCUT2D eigenvalue weighted by Crippen LogP contribution is -2.27. The maximum absolute atomic E-state index is 13.4. The van der Waals surface area contributed by atoms with Crippen molar-refractivity contribution in [2.45, 2.75) is 0 Å². The van der Waals surface area contributed by atoms with Gasteiger partial charge in [-0.15, -0.1) is 0 Å². The van der Waals surface area contributed by atoms with E-state index in [2.05, 4.69) is 5.32 Å². The maximum atomic E-state index is 13.4. The molecule has 0 aliphatic carbocycles. The number of nitro groups is 1. The van der Waals surface area contributed by atoms with Crippen LogP contribution in [-0.4, -0.2) is 32.1 Å². The number of benzene rings is 1. The van der Waals surface area contributed by atoms with Gasteiger partial charge in [0.1, 0.15) is 11.5 Å². The van der Waals surface area contributed by atoms with E-state index in [1.807, 2.05) is 0 Å². The van der Waals surface area contributed by atoms with E-state index in [9.17, 15) is 14.5 Å². The highest BCUT2D eigenvalue weighted by Gasteiger charge is 2.20. The largest absolute Gasteiger partial charge is 0.368 e. The molecule has 17 heavy (non-hydrogen) atoms. The quantitative estimate of drug-likeness (QED) is 0.500. The Morgan fingerprint density at radius 2 is 2.24 bits per heavy atom. The van der Waals surface area contributed by atoms with Crippen molar-refractivity contribution >= 4 is 34.0 Å². The summed E-state index contributed by atoms with van der Waals surface area (Å²) in [5.74, 6) is -0.442. The van der Waals surface area contributed by atoms with Crippen LogP contribution in [0, 0.1) is 19.5 Å². The predicted molar refractivity (Wildman–Crippen MR) is 73.0 cm³/mol. The Morgan fingerprint density at radius 3 is 2.76 bits per heavy atom. The number of rotatable bonds is 5. The zero-order valence-electron chi connectivity index (χ0n) is 9.54. The number of likely N-dealkylation sites (N-methyl/N-ethyl adjacent to an activating group) is 2. The van der Waals surface area contributed by atoms with Crippen LogP contribution in [0.3, 0.4) is 0 Å². The molecule has 0 aliphatic rings. The number of hydrogen-bond acceptors (Lipinski definition) is 4. The zero-order chi connectivity index (χ0) is 13.0. The summed E-state index contributed by atoms with van der Waals surface area (Å²) in [4.78, 5) is 12.1. The van der Waals surface area contributed by atoms with Crippen LogP contribution in [0.4, 0.5) is 15.8 Å². The van der Waals surface area contributed by atoms with E-state index < -0.39 is 10.7 Å². The molecule has 0 saturated carbocycles. The van der Waals surface area contributed by atoms with Gasteiger partial charge in [-0.2, -0.15) is 0 Å². The van der Waals surface area contributed by atoms with Gasteiger partial charge in [-0.25, -0.2) is 4.39 Å². The Kier molecular flexibility index (Phi) is 5.06. The lowest BCUT2D eigenvalue weighted by atomic mass is 10.2. The smallest absolute Gasteiger partial charge is 0.293 e. The summed E-state index contributed by atoms with van der Waals surface area (Å²) in [7, 11) is 3.49. The van der Waals surface area contributed by atoms with Crippen molar-refractivity contribution in [2.24, 2.45) is 0 Å². The summed E-state index contributed by atoms with van der Waals surface area (Å²) in [6.07, 6.45) is 0. The van der Waals surface area contributed by atoms with E-state index in [-0.39, 0.29) is 9.26 Å². The van der Waals surface area contributed by atoms with Crippen LogP contribution in [0.1, 0.15) is 0 Å². The minimum Gasteiger partial charge on any atom is -0.368 e. The first-order valence-electron chi connectivity index (χ1n) is 4.96. The van der Waals surface area contributed by atoms with Crippen molar-refractivity contribution < 1.29 is 9.31 Å². The summed E-state index contributed by atoms with van der Waals surface area (Å²) >= 11 is 1.74. The van der Waals surface area contributed by atoms with Crippen LogP contribution in [-0.2, 0) is 0 Å². The second-order valence-corrected chi connectivity index (χ2v) is 4.70. The molecule has 0 spiro atoms. The number of hydrogen-bond donors (Lipinski definition) is 1. The third kappa shape index (κ3) is 3.50. The molecule has 7 heteroatoms. The van der Waals surface area contributed by atoms with Crippen molar-refractivity contribution in [3.05, 3.63) is 31.6 Å². The fourth-order valence-corrected chi connectivity index (χ4v) is 1.83. The van der Waals surface area contributed by atoms with Crippen molar-refractivity contribution in [1.29, 1.82) is 0 Å².